The molecule has 12 rings (SSSR count). The van der Waals surface area contributed by atoms with Crippen molar-refractivity contribution in [2.45, 2.75) is 38.5 Å². The van der Waals surface area contributed by atoms with E-state index >= 15 is 0 Å². The lowest BCUT2D eigenvalue weighted by Crippen LogP contribution is -2.40. The van der Waals surface area contributed by atoms with Gasteiger partial charge in [-0.2, -0.15) is 0 Å². The first-order valence-electron chi connectivity index (χ1n) is 20.5. The van der Waals surface area contributed by atoms with Crippen LogP contribution in [0.3, 0.4) is 0 Å². The predicted molar refractivity (Wildman–Crippen MR) is 246 cm³/mol. The van der Waals surface area contributed by atoms with Gasteiger partial charge < -0.3 is 9.80 Å². The highest BCUT2D eigenvalue weighted by Gasteiger charge is 2.48. The van der Waals surface area contributed by atoms with E-state index in [2.05, 4.69) is 207 Å². The summed E-state index contributed by atoms with van der Waals surface area (Å²) in [7, 11) is 0. The molecule has 0 radical (unpaired) electrons. The zero-order valence-electron chi connectivity index (χ0n) is 33.3. The van der Waals surface area contributed by atoms with Gasteiger partial charge in [0.25, 0.3) is 0 Å². The van der Waals surface area contributed by atoms with Crippen LogP contribution in [0.2, 0.25) is 0 Å². The lowest BCUT2D eigenvalue weighted by Gasteiger charge is -2.52. The van der Waals surface area contributed by atoms with Gasteiger partial charge in [-0.05, 0) is 103 Å². The third-order valence-electron chi connectivity index (χ3n) is 13.6. The van der Waals surface area contributed by atoms with E-state index in [1.54, 1.807) is 0 Å². The van der Waals surface area contributed by atoms with Gasteiger partial charge in [-0.25, -0.2) is 0 Å². The van der Waals surface area contributed by atoms with Crippen molar-refractivity contribution in [2.75, 3.05) is 9.80 Å². The van der Waals surface area contributed by atoms with Crippen LogP contribution in [0.5, 0.6) is 0 Å². The number of benzene rings is 9. The molecule has 0 N–H and O–H groups in total. The van der Waals surface area contributed by atoms with Crippen LogP contribution in [0.1, 0.15) is 61.1 Å². The first-order valence-corrected chi connectivity index (χ1v) is 20.5. The van der Waals surface area contributed by atoms with Crippen molar-refractivity contribution in [2.24, 2.45) is 0 Å². The van der Waals surface area contributed by atoms with Crippen molar-refractivity contribution in [3.05, 3.63) is 210 Å². The fraction of sp³-hybridized carbons (Fsp3) is 0.107. The molecule has 9 aromatic rings. The monoisotopic (exact) mass is 742 g/mol. The van der Waals surface area contributed by atoms with Gasteiger partial charge in [0.05, 0.1) is 28.4 Å². The SMILES string of the molecule is C=C1c2cccc3c2N2c4c1cc(-c1ccc5cc(N(c6cccc7ccccc67)c6cccc7ccccc67)ccc5c1)cc4C(C)(C)c1cccc(c12)C3(C)C. The molecule has 0 saturated carbocycles. The molecule has 276 valence electrons. The summed E-state index contributed by atoms with van der Waals surface area (Å²) < 4.78 is 0. The topological polar surface area (TPSA) is 6.48 Å². The van der Waals surface area contributed by atoms with Crippen molar-refractivity contribution < 1.29 is 0 Å². The maximum absolute atomic E-state index is 4.81. The Bertz CT molecular complexity index is 3180. The fourth-order valence-electron chi connectivity index (χ4n) is 10.6. The van der Waals surface area contributed by atoms with Crippen molar-refractivity contribution >= 4 is 72.0 Å². The zero-order chi connectivity index (χ0) is 39.1. The van der Waals surface area contributed by atoms with Crippen molar-refractivity contribution in [3.8, 4) is 11.1 Å². The summed E-state index contributed by atoms with van der Waals surface area (Å²) in [6, 6.07) is 63.2. The lowest BCUT2D eigenvalue weighted by molar-refractivity contribution is 0.596. The summed E-state index contributed by atoms with van der Waals surface area (Å²) in [5.74, 6) is 0. The second-order valence-electron chi connectivity index (χ2n) is 17.5. The standard InChI is InChI=1S/C56H42N2/c1-34-42-20-12-21-46-52(42)58-53-45(34)32-40(33-49(53)56(4,5)48-23-13-22-47(54(48)58)55(46,2)3)38-26-27-39-31-41(29-28-37(39)30-38)57(50-24-10-16-35-14-6-8-18-43(35)50)51-25-11-17-36-15-7-9-19-44(36)51/h6-33H,1H2,2-5H3. The van der Waals surface area contributed by atoms with E-state index in [1.165, 1.54) is 93.9 Å². The van der Waals surface area contributed by atoms with Crippen LogP contribution < -0.4 is 9.80 Å². The maximum Gasteiger partial charge on any atom is 0.0581 e. The number of fused-ring (bicyclic) bond motifs is 3. The number of hydrogen-bond donors (Lipinski definition) is 0. The average molecular weight is 743 g/mol. The quantitative estimate of drug-likeness (QED) is 0.177. The Labute approximate surface area is 339 Å². The maximum atomic E-state index is 4.81. The summed E-state index contributed by atoms with van der Waals surface area (Å²) in [5.41, 5.74) is 18.6. The molecule has 0 aromatic heterocycles. The molecule has 9 aromatic carbocycles. The second kappa shape index (κ2) is 11.6. The summed E-state index contributed by atoms with van der Waals surface area (Å²) in [6.07, 6.45) is 0. The van der Waals surface area contributed by atoms with Crippen LogP contribution >= 0.6 is 0 Å². The molecule has 2 heteroatoms. The second-order valence-corrected chi connectivity index (χ2v) is 17.5. The first-order chi connectivity index (χ1) is 28.2. The Morgan fingerprint density at radius 1 is 0.414 bits per heavy atom. The van der Waals surface area contributed by atoms with Crippen LogP contribution in [0.25, 0.3) is 49.0 Å². The largest absolute Gasteiger partial charge is 0.309 e. The molecule has 0 saturated heterocycles. The normalized spacial score (nSPS) is 15.2. The highest BCUT2D eigenvalue weighted by Crippen LogP contribution is 2.65. The summed E-state index contributed by atoms with van der Waals surface area (Å²) >= 11 is 0. The van der Waals surface area contributed by atoms with Crippen LogP contribution in [0.15, 0.2) is 176 Å². The minimum Gasteiger partial charge on any atom is -0.309 e. The third-order valence-corrected chi connectivity index (χ3v) is 13.6. The zero-order valence-corrected chi connectivity index (χ0v) is 33.3. The average Bonchev–Trinajstić information content (AvgIpc) is 3.25. The number of rotatable bonds is 4. The van der Waals surface area contributed by atoms with E-state index in [-0.39, 0.29) is 10.8 Å². The fourth-order valence-corrected chi connectivity index (χ4v) is 10.6. The Kier molecular flexibility index (Phi) is 6.64. The van der Waals surface area contributed by atoms with Gasteiger partial charge in [0, 0.05) is 38.4 Å². The van der Waals surface area contributed by atoms with Crippen LogP contribution in [0, 0.1) is 0 Å². The van der Waals surface area contributed by atoms with E-state index in [0.717, 1.165) is 22.6 Å². The van der Waals surface area contributed by atoms with E-state index in [1.807, 2.05) is 0 Å². The number of nitrogens with zero attached hydrogens (tertiary/aromatic N) is 2. The predicted octanol–water partition coefficient (Wildman–Crippen LogP) is 15.4. The summed E-state index contributed by atoms with van der Waals surface area (Å²) in [5, 5.41) is 7.31. The smallest absolute Gasteiger partial charge is 0.0581 e. The summed E-state index contributed by atoms with van der Waals surface area (Å²) in [6.45, 7) is 14.4. The number of hydrogen-bond acceptors (Lipinski definition) is 2. The molecule has 0 unspecified atom stereocenters. The molecule has 0 bridgehead atoms. The minimum absolute atomic E-state index is 0.121. The van der Waals surface area contributed by atoms with Crippen LogP contribution in [-0.4, -0.2) is 0 Å². The highest BCUT2D eigenvalue weighted by atomic mass is 15.2. The molecule has 3 heterocycles. The molecular formula is C56H42N2. The van der Waals surface area contributed by atoms with Gasteiger partial charge in [-0.1, -0.05) is 162 Å². The molecule has 0 amide bonds. The highest BCUT2D eigenvalue weighted by molar-refractivity contribution is 6.09. The van der Waals surface area contributed by atoms with Gasteiger partial charge in [0.1, 0.15) is 0 Å². The van der Waals surface area contributed by atoms with Crippen LogP contribution in [-0.2, 0) is 10.8 Å². The Morgan fingerprint density at radius 2 is 0.948 bits per heavy atom. The van der Waals surface area contributed by atoms with E-state index in [9.17, 15) is 0 Å². The Balaban J connectivity index is 1.02. The first kappa shape index (κ1) is 33.3. The third kappa shape index (κ3) is 4.38. The van der Waals surface area contributed by atoms with Gasteiger partial charge >= 0.3 is 0 Å². The number of para-hydroxylation sites is 2. The number of anilines is 6. The molecule has 0 spiro atoms. The van der Waals surface area contributed by atoms with E-state index < -0.39 is 0 Å². The van der Waals surface area contributed by atoms with Crippen molar-refractivity contribution in [1.29, 1.82) is 0 Å². The van der Waals surface area contributed by atoms with Crippen molar-refractivity contribution in [1.82, 2.24) is 0 Å². The van der Waals surface area contributed by atoms with Gasteiger partial charge in [0.15, 0.2) is 0 Å². The summed E-state index contributed by atoms with van der Waals surface area (Å²) in [4.78, 5) is 5.03. The molecule has 58 heavy (non-hydrogen) atoms. The molecular weight excluding hydrogens is 701 g/mol. The molecule has 3 aliphatic rings. The van der Waals surface area contributed by atoms with Gasteiger partial charge in [-0.15, -0.1) is 0 Å². The van der Waals surface area contributed by atoms with Gasteiger partial charge in [-0.3, -0.25) is 0 Å². The Morgan fingerprint density at radius 3 is 1.64 bits per heavy atom. The molecule has 3 aliphatic heterocycles. The molecule has 0 fully saturated rings. The molecule has 0 aliphatic carbocycles. The van der Waals surface area contributed by atoms with E-state index in [4.69, 9.17) is 6.58 Å². The lowest BCUT2D eigenvalue weighted by atomic mass is 9.63. The molecule has 0 atom stereocenters. The van der Waals surface area contributed by atoms with Gasteiger partial charge in [0.2, 0.25) is 0 Å². The van der Waals surface area contributed by atoms with Crippen molar-refractivity contribution in [3.63, 3.8) is 0 Å². The van der Waals surface area contributed by atoms with Crippen LogP contribution in [0.4, 0.5) is 34.1 Å². The molecule has 2 nitrogen and oxygen atoms in total. The van der Waals surface area contributed by atoms with E-state index in [0.29, 0.717) is 0 Å². The minimum atomic E-state index is -0.208. The Hall–Kier alpha value is -6.90.